The molecule has 0 aliphatic rings. The van der Waals surface area contributed by atoms with Crippen molar-refractivity contribution in [1.82, 2.24) is 10.6 Å². The van der Waals surface area contributed by atoms with E-state index < -0.39 is 0 Å². The fraction of sp³-hybridized carbons (Fsp3) is 0.273. The van der Waals surface area contributed by atoms with E-state index in [0.717, 1.165) is 11.3 Å². The number of amides is 2. The molecule has 0 radical (unpaired) electrons. The number of anilines is 1. The summed E-state index contributed by atoms with van der Waals surface area (Å²) in [5, 5.41) is 5.54. The van der Waals surface area contributed by atoms with Gasteiger partial charge in [0.2, 0.25) is 0 Å². The molecule has 2 rings (SSSR count). The van der Waals surface area contributed by atoms with Crippen molar-refractivity contribution in [3.8, 4) is 0 Å². The van der Waals surface area contributed by atoms with Crippen LogP contribution in [0.2, 0.25) is 0 Å². The summed E-state index contributed by atoms with van der Waals surface area (Å²) >= 11 is 0. The summed E-state index contributed by atoms with van der Waals surface area (Å²) in [5.74, 6) is -0.666. The number of carbonyl (C=O) groups excluding carboxylic acids is 2. The lowest BCUT2D eigenvalue weighted by Crippen LogP contribution is -2.35. The number of rotatable bonds is 9. The van der Waals surface area contributed by atoms with Crippen LogP contribution in [0.1, 0.15) is 22.3 Å². The van der Waals surface area contributed by atoms with Crippen molar-refractivity contribution in [2.45, 2.75) is 6.42 Å². The lowest BCUT2D eigenvalue weighted by Gasteiger charge is -2.13. The lowest BCUT2D eigenvalue weighted by molar-refractivity contribution is -0.117. The van der Waals surface area contributed by atoms with E-state index in [-0.39, 0.29) is 17.5 Å². The molecule has 6 nitrogen and oxygen atoms in total. The smallest absolute Gasteiger partial charge is 0.267 e. The van der Waals surface area contributed by atoms with Crippen LogP contribution in [0.3, 0.4) is 0 Å². The zero-order valence-electron chi connectivity index (χ0n) is 16.6. The van der Waals surface area contributed by atoms with Crippen molar-refractivity contribution >= 4 is 23.6 Å². The van der Waals surface area contributed by atoms with Gasteiger partial charge in [0.1, 0.15) is 5.70 Å². The monoisotopic (exact) mass is 381 g/mol. The van der Waals surface area contributed by atoms with Gasteiger partial charge in [-0.25, -0.2) is 0 Å². The minimum Gasteiger partial charge on any atom is -0.385 e. The molecule has 0 fully saturated rings. The first-order valence-electron chi connectivity index (χ1n) is 9.14. The van der Waals surface area contributed by atoms with E-state index in [4.69, 9.17) is 4.74 Å². The van der Waals surface area contributed by atoms with Gasteiger partial charge in [-0.05, 0) is 42.3 Å². The maximum atomic E-state index is 12.6. The Bertz CT molecular complexity index is 800. The maximum absolute atomic E-state index is 12.6. The Hall–Kier alpha value is -3.12. The minimum absolute atomic E-state index is 0.198. The number of hydrogen-bond donors (Lipinski definition) is 2. The van der Waals surface area contributed by atoms with Crippen molar-refractivity contribution in [2.75, 3.05) is 39.3 Å². The summed E-state index contributed by atoms with van der Waals surface area (Å²) in [4.78, 5) is 27.1. The molecule has 6 heteroatoms. The minimum atomic E-state index is -0.336. The van der Waals surface area contributed by atoms with Crippen molar-refractivity contribution in [3.05, 3.63) is 71.4 Å². The molecule has 0 aliphatic carbocycles. The van der Waals surface area contributed by atoms with Gasteiger partial charge in [0.15, 0.2) is 0 Å². The molecule has 0 unspecified atom stereocenters. The Kier molecular flexibility index (Phi) is 8.24. The van der Waals surface area contributed by atoms with E-state index in [9.17, 15) is 9.59 Å². The quantitative estimate of drug-likeness (QED) is 0.518. The molecule has 28 heavy (non-hydrogen) atoms. The van der Waals surface area contributed by atoms with Gasteiger partial charge in [0, 0.05) is 45.6 Å². The fourth-order valence-electron chi connectivity index (χ4n) is 2.49. The van der Waals surface area contributed by atoms with Crippen LogP contribution in [0.4, 0.5) is 5.69 Å². The van der Waals surface area contributed by atoms with Crippen LogP contribution in [0.5, 0.6) is 0 Å². The normalized spacial score (nSPS) is 11.0. The lowest BCUT2D eigenvalue weighted by atomic mass is 10.1. The molecule has 0 heterocycles. The largest absolute Gasteiger partial charge is 0.385 e. The second-order valence-electron chi connectivity index (χ2n) is 6.47. The summed E-state index contributed by atoms with van der Waals surface area (Å²) in [6.07, 6.45) is 2.37. The molecule has 0 spiro atoms. The number of carbonyl (C=O) groups is 2. The Morgan fingerprint density at radius 1 is 1.04 bits per heavy atom. The molecule has 0 aliphatic heterocycles. The van der Waals surface area contributed by atoms with Crippen LogP contribution < -0.4 is 15.5 Å². The number of hydrogen-bond acceptors (Lipinski definition) is 4. The summed E-state index contributed by atoms with van der Waals surface area (Å²) in [6.45, 7) is 1.02. The van der Waals surface area contributed by atoms with Crippen molar-refractivity contribution < 1.29 is 14.3 Å². The van der Waals surface area contributed by atoms with Gasteiger partial charge >= 0.3 is 0 Å². The van der Waals surface area contributed by atoms with Crippen molar-refractivity contribution in [2.24, 2.45) is 0 Å². The predicted octanol–water partition coefficient (Wildman–Crippen LogP) is 2.68. The summed E-state index contributed by atoms with van der Waals surface area (Å²) in [5.41, 5.74) is 2.56. The topological polar surface area (TPSA) is 70.7 Å². The average molecular weight is 381 g/mol. The van der Waals surface area contributed by atoms with Gasteiger partial charge in [0.05, 0.1) is 0 Å². The zero-order chi connectivity index (χ0) is 20.4. The highest BCUT2D eigenvalue weighted by molar-refractivity contribution is 6.05. The first-order chi connectivity index (χ1) is 13.5. The van der Waals surface area contributed by atoms with Gasteiger partial charge in [-0.3, -0.25) is 9.59 Å². The van der Waals surface area contributed by atoms with Gasteiger partial charge < -0.3 is 20.3 Å². The molecule has 0 saturated heterocycles. The average Bonchev–Trinajstić information content (AvgIpc) is 2.71. The second-order valence-corrected chi connectivity index (χ2v) is 6.47. The van der Waals surface area contributed by atoms with Crippen LogP contribution in [-0.2, 0) is 9.53 Å². The highest BCUT2D eigenvalue weighted by atomic mass is 16.5. The van der Waals surface area contributed by atoms with E-state index in [1.807, 2.05) is 49.3 Å². The third-order valence-electron chi connectivity index (χ3n) is 4.06. The molecule has 2 amide bonds. The van der Waals surface area contributed by atoms with E-state index in [0.29, 0.717) is 25.1 Å². The molecule has 0 saturated carbocycles. The number of nitrogens with zero attached hydrogens (tertiary/aromatic N) is 1. The maximum Gasteiger partial charge on any atom is 0.267 e. The Morgan fingerprint density at radius 3 is 2.32 bits per heavy atom. The van der Waals surface area contributed by atoms with Crippen molar-refractivity contribution in [1.29, 1.82) is 0 Å². The molecule has 0 atom stereocenters. The summed E-state index contributed by atoms with van der Waals surface area (Å²) in [6, 6.07) is 16.5. The van der Waals surface area contributed by atoms with Gasteiger partial charge in [0.25, 0.3) is 11.8 Å². The highest BCUT2D eigenvalue weighted by Crippen LogP contribution is 2.14. The third kappa shape index (κ3) is 6.55. The molecule has 2 aromatic rings. The van der Waals surface area contributed by atoms with E-state index in [2.05, 4.69) is 10.6 Å². The Morgan fingerprint density at radius 2 is 1.71 bits per heavy atom. The standard InChI is InChI=1S/C22H27N3O3/c1-25(2)19-12-10-17(11-13-19)16-20(22(27)23-14-7-15-28-3)24-21(26)18-8-5-4-6-9-18/h4-6,8-13,16H,7,14-15H2,1-3H3,(H,23,27)(H,24,26)/b20-16+. The van der Waals surface area contributed by atoms with E-state index in [1.54, 1.807) is 37.5 Å². The molecule has 148 valence electrons. The number of methoxy groups -OCH3 is 1. The first kappa shape index (κ1) is 21.2. The van der Waals surface area contributed by atoms with Crippen LogP contribution in [0.25, 0.3) is 6.08 Å². The first-order valence-corrected chi connectivity index (χ1v) is 9.14. The highest BCUT2D eigenvalue weighted by Gasteiger charge is 2.14. The van der Waals surface area contributed by atoms with E-state index in [1.165, 1.54) is 0 Å². The third-order valence-corrected chi connectivity index (χ3v) is 4.06. The second kappa shape index (κ2) is 10.9. The van der Waals surface area contributed by atoms with Crippen LogP contribution >= 0.6 is 0 Å². The Labute approximate surface area is 166 Å². The summed E-state index contributed by atoms with van der Waals surface area (Å²) in [7, 11) is 5.54. The fourth-order valence-corrected chi connectivity index (χ4v) is 2.49. The molecule has 0 aromatic heterocycles. The number of ether oxygens (including phenoxy) is 1. The zero-order valence-corrected chi connectivity index (χ0v) is 16.6. The molecular formula is C22H27N3O3. The molecule has 2 aromatic carbocycles. The van der Waals surface area contributed by atoms with Crippen LogP contribution in [0.15, 0.2) is 60.3 Å². The number of nitrogens with one attached hydrogen (secondary N) is 2. The van der Waals surface area contributed by atoms with Crippen LogP contribution in [0, 0.1) is 0 Å². The van der Waals surface area contributed by atoms with Crippen LogP contribution in [-0.4, -0.2) is 46.2 Å². The van der Waals surface area contributed by atoms with Gasteiger partial charge in [-0.1, -0.05) is 30.3 Å². The predicted molar refractivity (Wildman–Crippen MR) is 112 cm³/mol. The molecule has 0 bridgehead atoms. The molecular weight excluding hydrogens is 354 g/mol. The van der Waals surface area contributed by atoms with Crippen molar-refractivity contribution in [3.63, 3.8) is 0 Å². The molecule has 2 N–H and O–H groups in total. The summed E-state index contributed by atoms with van der Waals surface area (Å²) < 4.78 is 4.99. The van der Waals surface area contributed by atoms with Gasteiger partial charge in [-0.2, -0.15) is 0 Å². The van der Waals surface area contributed by atoms with Gasteiger partial charge in [-0.15, -0.1) is 0 Å². The van der Waals surface area contributed by atoms with E-state index >= 15 is 0 Å². The Balaban J connectivity index is 2.19. The number of benzene rings is 2. The SMILES string of the molecule is COCCCNC(=O)/C(=C\c1ccc(N(C)C)cc1)NC(=O)c1ccccc1.